The average Bonchev–Trinajstić information content (AvgIpc) is 2.29. The molecule has 0 saturated carbocycles. The van der Waals surface area contributed by atoms with E-state index in [1.807, 2.05) is 40.7 Å². The van der Waals surface area contributed by atoms with Crippen LogP contribution in [0.1, 0.15) is 34.6 Å². The SMILES string of the molecule is CCOC(C)(C)CNc1ccc(N)c(OC(C)C)n1. The molecule has 0 spiro atoms. The van der Waals surface area contributed by atoms with Gasteiger partial charge >= 0.3 is 0 Å². The molecule has 1 heterocycles. The highest BCUT2D eigenvalue weighted by atomic mass is 16.5. The molecule has 1 rings (SSSR count). The predicted octanol–water partition coefficient (Wildman–Crippen LogP) is 2.68. The summed E-state index contributed by atoms with van der Waals surface area (Å²) in [6.45, 7) is 11.3. The Morgan fingerprint density at radius 3 is 2.63 bits per heavy atom. The van der Waals surface area contributed by atoms with Gasteiger partial charge in [-0.1, -0.05) is 0 Å². The summed E-state index contributed by atoms with van der Waals surface area (Å²) in [6, 6.07) is 3.63. The average molecular weight is 267 g/mol. The standard InChI is InChI=1S/C14H25N3O2/c1-6-18-14(4,5)9-16-12-8-7-11(15)13(17-12)19-10(2)3/h7-8,10H,6,9,15H2,1-5H3,(H,16,17). The van der Waals surface area contributed by atoms with Crippen LogP contribution < -0.4 is 15.8 Å². The van der Waals surface area contributed by atoms with Gasteiger partial charge in [0.05, 0.1) is 17.4 Å². The Labute approximate surface area is 115 Å². The van der Waals surface area contributed by atoms with E-state index in [-0.39, 0.29) is 11.7 Å². The maximum Gasteiger partial charge on any atom is 0.239 e. The molecule has 108 valence electrons. The molecule has 0 bridgehead atoms. The largest absolute Gasteiger partial charge is 0.473 e. The fourth-order valence-corrected chi connectivity index (χ4v) is 1.61. The molecule has 0 fully saturated rings. The highest BCUT2D eigenvalue weighted by Crippen LogP contribution is 2.22. The lowest BCUT2D eigenvalue weighted by atomic mass is 10.1. The van der Waals surface area contributed by atoms with Gasteiger partial charge in [0.25, 0.3) is 0 Å². The molecule has 3 N–H and O–H groups in total. The van der Waals surface area contributed by atoms with Crippen molar-refractivity contribution in [1.82, 2.24) is 4.98 Å². The number of nitrogens with one attached hydrogen (secondary N) is 1. The lowest BCUT2D eigenvalue weighted by molar-refractivity contribution is 0.000630. The number of aromatic nitrogens is 1. The van der Waals surface area contributed by atoms with E-state index in [0.29, 0.717) is 24.7 Å². The van der Waals surface area contributed by atoms with Gasteiger partial charge in [-0.3, -0.25) is 0 Å². The molecular weight excluding hydrogens is 242 g/mol. The number of ether oxygens (including phenoxy) is 2. The topological polar surface area (TPSA) is 69.4 Å². The van der Waals surface area contributed by atoms with Crippen molar-refractivity contribution < 1.29 is 9.47 Å². The Morgan fingerprint density at radius 2 is 2.05 bits per heavy atom. The molecule has 0 atom stereocenters. The van der Waals surface area contributed by atoms with Crippen LogP contribution in [0.2, 0.25) is 0 Å². The van der Waals surface area contributed by atoms with Crippen LogP contribution in [0.5, 0.6) is 5.88 Å². The molecule has 0 unspecified atom stereocenters. The first-order chi connectivity index (χ1) is 8.84. The van der Waals surface area contributed by atoms with Gasteiger partial charge in [0, 0.05) is 13.2 Å². The van der Waals surface area contributed by atoms with E-state index in [0.717, 1.165) is 5.82 Å². The fourth-order valence-electron chi connectivity index (χ4n) is 1.61. The van der Waals surface area contributed by atoms with Gasteiger partial charge in [0.1, 0.15) is 5.82 Å². The third kappa shape index (κ3) is 5.34. The smallest absolute Gasteiger partial charge is 0.239 e. The monoisotopic (exact) mass is 267 g/mol. The van der Waals surface area contributed by atoms with Crippen LogP contribution in [-0.2, 0) is 4.74 Å². The third-order valence-corrected chi connectivity index (χ3v) is 2.47. The number of rotatable bonds is 7. The zero-order valence-corrected chi connectivity index (χ0v) is 12.5. The molecule has 1 aromatic heterocycles. The van der Waals surface area contributed by atoms with Crippen LogP contribution in [-0.4, -0.2) is 29.8 Å². The van der Waals surface area contributed by atoms with Gasteiger partial charge in [0.2, 0.25) is 5.88 Å². The van der Waals surface area contributed by atoms with Crippen molar-refractivity contribution in [1.29, 1.82) is 0 Å². The quantitative estimate of drug-likeness (QED) is 0.795. The molecule has 0 aliphatic rings. The summed E-state index contributed by atoms with van der Waals surface area (Å²) in [6.07, 6.45) is 0.0462. The van der Waals surface area contributed by atoms with Gasteiger partial charge in [-0.15, -0.1) is 0 Å². The molecule has 0 aromatic carbocycles. The number of pyridine rings is 1. The van der Waals surface area contributed by atoms with Crippen molar-refractivity contribution >= 4 is 11.5 Å². The fraction of sp³-hybridized carbons (Fsp3) is 0.643. The third-order valence-electron chi connectivity index (χ3n) is 2.47. The van der Waals surface area contributed by atoms with Gasteiger partial charge in [-0.25, -0.2) is 0 Å². The maximum atomic E-state index is 5.83. The van der Waals surface area contributed by atoms with E-state index in [1.165, 1.54) is 0 Å². The van der Waals surface area contributed by atoms with Crippen molar-refractivity contribution in [3.05, 3.63) is 12.1 Å². The van der Waals surface area contributed by atoms with E-state index in [2.05, 4.69) is 10.3 Å². The highest BCUT2D eigenvalue weighted by Gasteiger charge is 2.17. The minimum Gasteiger partial charge on any atom is -0.473 e. The number of hydrogen-bond donors (Lipinski definition) is 2. The Balaban J connectivity index is 2.69. The minimum absolute atomic E-state index is 0.0462. The van der Waals surface area contributed by atoms with Crippen LogP contribution >= 0.6 is 0 Å². The van der Waals surface area contributed by atoms with Crippen LogP contribution in [0.25, 0.3) is 0 Å². The molecule has 19 heavy (non-hydrogen) atoms. The van der Waals surface area contributed by atoms with Gasteiger partial charge in [-0.2, -0.15) is 4.98 Å². The summed E-state index contributed by atoms with van der Waals surface area (Å²) >= 11 is 0. The molecule has 0 radical (unpaired) electrons. The van der Waals surface area contributed by atoms with Crippen LogP contribution in [0.4, 0.5) is 11.5 Å². The molecule has 0 aliphatic carbocycles. The Hall–Kier alpha value is -1.49. The zero-order valence-electron chi connectivity index (χ0n) is 12.5. The predicted molar refractivity (Wildman–Crippen MR) is 78.6 cm³/mol. The second-order valence-corrected chi connectivity index (χ2v) is 5.30. The number of hydrogen-bond acceptors (Lipinski definition) is 5. The molecule has 5 nitrogen and oxygen atoms in total. The second-order valence-electron chi connectivity index (χ2n) is 5.30. The molecule has 5 heteroatoms. The summed E-state index contributed by atoms with van der Waals surface area (Å²) in [7, 11) is 0. The van der Waals surface area contributed by atoms with E-state index in [1.54, 1.807) is 6.07 Å². The lowest BCUT2D eigenvalue weighted by Crippen LogP contribution is -2.33. The maximum absolute atomic E-state index is 5.83. The Morgan fingerprint density at radius 1 is 1.37 bits per heavy atom. The molecule has 1 aromatic rings. The first-order valence-electron chi connectivity index (χ1n) is 6.65. The molecule has 0 aliphatic heterocycles. The summed E-state index contributed by atoms with van der Waals surface area (Å²) in [5.41, 5.74) is 6.13. The Kier molecular flexibility index (Phi) is 5.42. The van der Waals surface area contributed by atoms with Gasteiger partial charge in [0.15, 0.2) is 0 Å². The van der Waals surface area contributed by atoms with Crippen molar-refractivity contribution in [3.8, 4) is 5.88 Å². The van der Waals surface area contributed by atoms with Gasteiger partial charge < -0.3 is 20.5 Å². The van der Waals surface area contributed by atoms with Crippen molar-refractivity contribution in [3.63, 3.8) is 0 Å². The van der Waals surface area contributed by atoms with Crippen molar-refractivity contribution in [2.75, 3.05) is 24.2 Å². The van der Waals surface area contributed by atoms with Crippen LogP contribution in [0.3, 0.4) is 0 Å². The van der Waals surface area contributed by atoms with Crippen molar-refractivity contribution in [2.24, 2.45) is 0 Å². The zero-order chi connectivity index (χ0) is 14.5. The van der Waals surface area contributed by atoms with Crippen LogP contribution in [0.15, 0.2) is 12.1 Å². The van der Waals surface area contributed by atoms with Crippen molar-refractivity contribution in [2.45, 2.75) is 46.3 Å². The summed E-state index contributed by atoms with van der Waals surface area (Å²) in [4.78, 5) is 4.36. The first-order valence-corrected chi connectivity index (χ1v) is 6.65. The van der Waals surface area contributed by atoms with E-state index in [9.17, 15) is 0 Å². The lowest BCUT2D eigenvalue weighted by Gasteiger charge is -2.25. The summed E-state index contributed by atoms with van der Waals surface area (Å²) in [5.74, 6) is 1.20. The normalized spacial score (nSPS) is 11.7. The van der Waals surface area contributed by atoms with Crippen LogP contribution in [0, 0.1) is 0 Å². The van der Waals surface area contributed by atoms with E-state index in [4.69, 9.17) is 15.2 Å². The number of nitrogen functional groups attached to an aromatic ring is 1. The highest BCUT2D eigenvalue weighted by molar-refractivity contribution is 5.53. The van der Waals surface area contributed by atoms with E-state index >= 15 is 0 Å². The molecule has 0 saturated heterocycles. The summed E-state index contributed by atoms with van der Waals surface area (Å²) < 4.78 is 11.2. The number of anilines is 2. The minimum atomic E-state index is -0.239. The Bertz CT molecular complexity index is 406. The van der Waals surface area contributed by atoms with E-state index < -0.39 is 0 Å². The number of nitrogens with zero attached hydrogens (tertiary/aromatic N) is 1. The van der Waals surface area contributed by atoms with Gasteiger partial charge in [-0.05, 0) is 46.8 Å². The molecular formula is C14H25N3O2. The second kappa shape index (κ2) is 6.61. The summed E-state index contributed by atoms with van der Waals surface area (Å²) in [5, 5.41) is 3.24. The first kappa shape index (κ1) is 15.6. The number of nitrogens with two attached hydrogens (primary N) is 1. The molecule has 0 amide bonds.